The van der Waals surface area contributed by atoms with Crippen LogP contribution in [0.25, 0.3) is 22.8 Å². The van der Waals surface area contributed by atoms with E-state index in [1.807, 2.05) is 0 Å². The third-order valence-corrected chi connectivity index (χ3v) is 2.98. The first kappa shape index (κ1) is 13.1. The molecular formula is C15H11FN2O3. The lowest BCUT2D eigenvalue weighted by Gasteiger charge is -2.00. The summed E-state index contributed by atoms with van der Waals surface area (Å²) in [4.78, 5) is 4.11. The second-order valence-corrected chi connectivity index (χ2v) is 4.29. The molecule has 106 valence electrons. The lowest BCUT2D eigenvalue weighted by molar-refractivity contribution is 0.414. The first-order valence-corrected chi connectivity index (χ1v) is 6.15. The van der Waals surface area contributed by atoms with Gasteiger partial charge in [-0.05, 0) is 36.4 Å². The summed E-state index contributed by atoms with van der Waals surface area (Å²) in [7, 11) is 1.57. The van der Waals surface area contributed by atoms with Crippen molar-refractivity contribution in [2.45, 2.75) is 0 Å². The number of phenols is 1. The molecule has 5 nitrogen and oxygen atoms in total. The molecule has 0 saturated heterocycles. The van der Waals surface area contributed by atoms with E-state index in [2.05, 4.69) is 10.1 Å². The zero-order valence-corrected chi connectivity index (χ0v) is 11.1. The van der Waals surface area contributed by atoms with Crippen LogP contribution >= 0.6 is 0 Å². The molecule has 0 aliphatic heterocycles. The molecule has 1 aromatic heterocycles. The molecule has 6 heteroatoms. The van der Waals surface area contributed by atoms with Gasteiger partial charge in [-0.25, -0.2) is 4.39 Å². The van der Waals surface area contributed by atoms with Gasteiger partial charge < -0.3 is 14.4 Å². The molecule has 0 unspecified atom stereocenters. The summed E-state index contributed by atoms with van der Waals surface area (Å²) in [6.07, 6.45) is 0. The SMILES string of the molecule is COc1ccc(-c2noc(-c3c(O)cccc3F)n2)cc1. The van der Waals surface area contributed by atoms with Crippen LogP contribution in [0.2, 0.25) is 0 Å². The van der Waals surface area contributed by atoms with E-state index < -0.39 is 5.82 Å². The Hall–Kier alpha value is -2.89. The van der Waals surface area contributed by atoms with Crippen LogP contribution in [0.4, 0.5) is 4.39 Å². The second-order valence-electron chi connectivity index (χ2n) is 4.29. The first-order chi connectivity index (χ1) is 10.2. The Bertz CT molecular complexity index is 749. The second kappa shape index (κ2) is 5.24. The summed E-state index contributed by atoms with van der Waals surface area (Å²) in [6.45, 7) is 0. The minimum absolute atomic E-state index is 0.0728. The van der Waals surface area contributed by atoms with E-state index in [1.54, 1.807) is 31.4 Å². The van der Waals surface area contributed by atoms with Crippen molar-refractivity contribution in [3.8, 4) is 34.3 Å². The summed E-state index contributed by atoms with van der Waals surface area (Å²) >= 11 is 0. The van der Waals surface area contributed by atoms with Crippen molar-refractivity contribution in [2.75, 3.05) is 7.11 Å². The first-order valence-electron chi connectivity index (χ1n) is 6.15. The number of phenolic OH excluding ortho intramolecular Hbond substituents is 1. The minimum atomic E-state index is -0.625. The molecule has 0 bridgehead atoms. The Morgan fingerprint density at radius 2 is 1.90 bits per heavy atom. The number of aromatic hydroxyl groups is 1. The van der Waals surface area contributed by atoms with Gasteiger partial charge in [0.15, 0.2) is 0 Å². The van der Waals surface area contributed by atoms with Crippen molar-refractivity contribution in [1.29, 1.82) is 0 Å². The summed E-state index contributed by atoms with van der Waals surface area (Å²) in [6, 6.07) is 11.0. The van der Waals surface area contributed by atoms with Gasteiger partial charge in [0.05, 0.1) is 7.11 Å². The zero-order valence-electron chi connectivity index (χ0n) is 11.1. The van der Waals surface area contributed by atoms with Crippen LogP contribution < -0.4 is 4.74 Å². The molecule has 21 heavy (non-hydrogen) atoms. The number of nitrogens with zero attached hydrogens (tertiary/aromatic N) is 2. The van der Waals surface area contributed by atoms with Gasteiger partial charge in [0.25, 0.3) is 5.89 Å². The monoisotopic (exact) mass is 286 g/mol. The molecule has 0 aliphatic carbocycles. The van der Waals surface area contributed by atoms with Crippen molar-refractivity contribution in [3.05, 3.63) is 48.3 Å². The highest BCUT2D eigenvalue weighted by atomic mass is 19.1. The summed E-state index contributed by atoms with van der Waals surface area (Å²) < 4.78 is 23.8. The van der Waals surface area contributed by atoms with Crippen molar-refractivity contribution in [1.82, 2.24) is 10.1 Å². The van der Waals surface area contributed by atoms with Crippen LogP contribution in [0.15, 0.2) is 47.0 Å². The molecule has 2 aromatic carbocycles. The van der Waals surface area contributed by atoms with E-state index in [0.717, 1.165) is 0 Å². The number of rotatable bonds is 3. The third kappa shape index (κ3) is 2.43. The number of methoxy groups -OCH3 is 1. The summed E-state index contributed by atoms with van der Waals surface area (Å²) in [5.74, 6) is 0.0563. The molecule has 3 aromatic rings. The van der Waals surface area contributed by atoms with Crippen LogP contribution in [-0.4, -0.2) is 22.4 Å². The van der Waals surface area contributed by atoms with E-state index in [9.17, 15) is 9.50 Å². The molecule has 0 atom stereocenters. The number of ether oxygens (including phenoxy) is 1. The number of hydrogen-bond donors (Lipinski definition) is 1. The lowest BCUT2D eigenvalue weighted by atomic mass is 10.2. The maximum Gasteiger partial charge on any atom is 0.265 e. The highest BCUT2D eigenvalue weighted by Crippen LogP contribution is 2.31. The zero-order chi connectivity index (χ0) is 14.8. The maximum atomic E-state index is 13.7. The molecule has 0 radical (unpaired) electrons. The number of halogens is 1. The third-order valence-electron chi connectivity index (χ3n) is 2.98. The van der Waals surface area contributed by atoms with Gasteiger partial charge in [-0.1, -0.05) is 11.2 Å². The Kier molecular flexibility index (Phi) is 3.27. The Morgan fingerprint density at radius 1 is 1.14 bits per heavy atom. The predicted molar refractivity (Wildman–Crippen MR) is 73.3 cm³/mol. The Labute approximate surface area is 119 Å². The van der Waals surface area contributed by atoms with Gasteiger partial charge in [-0.2, -0.15) is 4.98 Å². The molecule has 0 fully saturated rings. The maximum absolute atomic E-state index is 13.7. The Morgan fingerprint density at radius 3 is 2.57 bits per heavy atom. The molecule has 1 heterocycles. The molecule has 0 saturated carbocycles. The van der Waals surface area contributed by atoms with Gasteiger partial charge in [0, 0.05) is 5.56 Å². The Balaban J connectivity index is 1.99. The van der Waals surface area contributed by atoms with Crippen LogP contribution in [0, 0.1) is 5.82 Å². The van der Waals surface area contributed by atoms with Crippen molar-refractivity contribution in [2.24, 2.45) is 0 Å². The van der Waals surface area contributed by atoms with Gasteiger partial charge in [-0.3, -0.25) is 0 Å². The van der Waals surface area contributed by atoms with Crippen molar-refractivity contribution in [3.63, 3.8) is 0 Å². The van der Waals surface area contributed by atoms with Crippen molar-refractivity contribution >= 4 is 0 Å². The molecule has 0 aliphatic rings. The average Bonchev–Trinajstić information content (AvgIpc) is 2.97. The molecular weight excluding hydrogens is 275 g/mol. The van der Waals surface area contributed by atoms with E-state index in [-0.39, 0.29) is 17.2 Å². The highest BCUT2D eigenvalue weighted by Gasteiger charge is 2.18. The average molecular weight is 286 g/mol. The number of aromatic nitrogens is 2. The number of hydrogen-bond acceptors (Lipinski definition) is 5. The van der Waals surface area contributed by atoms with Gasteiger partial charge in [0.1, 0.15) is 22.9 Å². The van der Waals surface area contributed by atoms with E-state index in [4.69, 9.17) is 9.26 Å². The normalized spacial score (nSPS) is 10.6. The smallest absolute Gasteiger partial charge is 0.265 e. The van der Waals surface area contributed by atoms with Crippen LogP contribution in [0.3, 0.4) is 0 Å². The van der Waals surface area contributed by atoms with E-state index in [0.29, 0.717) is 17.1 Å². The molecule has 0 spiro atoms. The van der Waals surface area contributed by atoms with E-state index >= 15 is 0 Å². The fourth-order valence-corrected chi connectivity index (χ4v) is 1.91. The van der Waals surface area contributed by atoms with Crippen molar-refractivity contribution < 1.29 is 18.8 Å². The fourth-order valence-electron chi connectivity index (χ4n) is 1.91. The highest BCUT2D eigenvalue weighted by molar-refractivity contribution is 5.65. The van der Waals surface area contributed by atoms with Gasteiger partial charge >= 0.3 is 0 Å². The van der Waals surface area contributed by atoms with Crippen LogP contribution in [0.5, 0.6) is 11.5 Å². The van der Waals surface area contributed by atoms with Gasteiger partial charge in [-0.15, -0.1) is 0 Å². The number of benzene rings is 2. The summed E-state index contributed by atoms with van der Waals surface area (Å²) in [5, 5.41) is 13.5. The van der Waals surface area contributed by atoms with E-state index in [1.165, 1.54) is 18.2 Å². The van der Waals surface area contributed by atoms with Crippen LogP contribution in [-0.2, 0) is 0 Å². The minimum Gasteiger partial charge on any atom is -0.507 e. The predicted octanol–water partition coefficient (Wildman–Crippen LogP) is 3.26. The topological polar surface area (TPSA) is 68.4 Å². The lowest BCUT2D eigenvalue weighted by Crippen LogP contribution is -1.86. The molecule has 0 amide bonds. The standard InChI is InChI=1S/C15H11FN2O3/c1-20-10-7-5-9(6-8-10)14-17-15(21-18-14)13-11(16)3-2-4-12(13)19/h2-8,19H,1H3. The quantitative estimate of drug-likeness (QED) is 0.800. The fraction of sp³-hybridized carbons (Fsp3) is 0.0667. The van der Waals surface area contributed by atoms with Crippen LogP contribution in [0.1, 0.15) is 0 Å². The largest absolute Gasteiger partial charge is 0.507 e. The van der Waals surface area contributed by atoms with Gasteiger partial charge in [0.2, 0.25) is 5.82 Å². The summed E-state index contributed by atoms with van der Waals surface area (Å²) in [5.41, 5.74) is 0.589. The molecule has 3 rings (SSSR count). The molecule has 1 N–H and O–H groups in total.